The number of nitrogens with zero attached hydrogens (tertiary/aromatic N) is 3. The average molecular weight is 399 g/mol. The maximum absolute atomic E-state index is 12.9. The van der Waals surface area contributed by atoms with Crippen molar-refractivity contribution in [3.05, 3.63) is 47.4 Å². The Balaban J connectivity index is 1.50. The molecule has 9 nitrogen and oxygen atoms in total. The summed E-state index contributed by atoms with van der Waals surface area (Å²) in [6.07, 6.45) is 1.80. The summed E-state index contributed by atoms with van der Waals surface area (Å²) in [7, 11) is 0. The molecule has 3 heterocycles. The van der Waals surface area contributed by atoms with Crippen LogP contribution in [0.4, 0.5) is 4.79 Å². The van der Waals surface area contributed by atoms with E-state index in [0.29, 0.717) is 43.3 Å². The molecule has 4 rings (SSSR count). The molecule has 1 atom stereocenters. The lowest BCUT2D eigenvalue weighted by molar-refractivity contribution is 0.0871. The number of nitrogens with two attached hydrogens (primary N) is 2. The van der Waals surface area contributed by atoms with Gasteiger partial charge in [0.1, 0.15) is 11.6 Å². The van der Waals surface area contributed by atoms with Crippen LogP contribution in [0.2, 0.25) is 0 Å². The highest BCUT2D eigenvalue weighted by atomic mass is 16.3. The minimum absolute atomic E-state index is 0.111. The molecule has 0 bridgehead atoms. The number of piperazine rings is 2. The van der Waals surface area contributed by atoms with Crippen molar-refractivity contribution in [3.8, 4) is 5.75 Å². The number of benzene rings is 1. The summed E-state index contributed by atoms with van der Waals surface area (Å²) in [5, 5.41) is 16.6. The first-order chi connectivity index (χ1) is 14.0. The number of allylic oxidation sites excluding steroid dienone is 1. The minimum atomic E-state index is 0.111. The van der Waals surface area contributed by atoms with E-state index < -0.39 is 0 Å². The molecular weight excluding hydrogens is 370 g/mol. The molecule has 2 fully saturated rings. The fraction of sp³-hybridized carbons (Fsp3) is 0.450. The van der Waals surface area contributed by atoms with E-state index in [1.165, 1.54) is 0 Å². The van der Waals surface area contributed by atoms with Gasteiger partial charge in [-0.15, -0.1) is 0 Å². The van der Waals surface area contributed by atoms with E-state index in [1.54, 1.807) is 24.3 Å². The van der Waals surface area contributed by atoms with Crippen molar-refractivity contribution >= 4 is 11.7 Å². The lowest BCUT2D eigenvalue weighted by Gasteiger charge is -2.47. The molecule has 3 aliphatic rings. The van der Waals surface area contributed by atoms with Crippen LogP contribution < -0.4 is 22.1 Å². The molecular formula is C20H29N7O2. The third-order valence-electron chi connectivity index (χ3n) is 5.76. The number of carbonyl (C=O) groups is 1. The molecule has 1 unspecified atom stereocenters. The number of carbonyl (C=O) groups excluding carboxylic acids is 1. The predicted molar refractivity (Wildman–Crippen MR) is 111 cm³/mol. The van der Waals surface area contributed by atoms with Gasteiger partial charge in [0.05, 0.1) is 11.7 Å². The van der Waals surface area contributed by atoms with E-state index in [4.69, 9.17) is 11.5 Å². The summed E-state index contributed by atoms with van der Waals surface area (Å²) in [5.41, 5.74) is 14.3. The highest BCUT2D eigenvalue weighted by Crippen LogP contribution is 2.26. The number of rotatable bonds is 2. The van der Waals surface area contributed by atoms with Gasteiger partial charge >= 0.3 is 6.03 Å². The van der Waals surface area contributed by atoms with E-state index in [1.807, 2.05) is 15.9 Å². The molecule has 29 heavy (non-hydrogen) atoms. The van der Waals surface area contributed by atoms with Crippen molar-refractivity contribution in [2.45, 2.75) is 6.04 Å². The van der Waals surface area contributed by atoms with Crippen LogP contribution in [0.3, 0.4) is 0 Å². The van der Waals surface area contributed by atoms with Crippen LogP contribution in [0.1, 0.15) is 5.56 Å². The first-order valence-corrected chi connectivity index (χ1v) is 10.0. The molecule has 0 aliphatic carbocycles. The zero-order valence-electron chi connectivity index (χ0n) is 16.5. The monoisotopic (exact) mass is 399 g/mol. The third-order valence-corrected chi connectivity index (χ3v) is 5.76. The predicted octanol–water partition coefficient (Wildman–Crippen LogP) is -0.566. The van der Waals surface area contributed by atoms with Gasteiger partial charge in [-0.3, -0.25) is 0 Å². The van der Waals surface area contributed by atoms with Crippen LogP contribution in [-0.2, 0) is 0 Å². The maximum Gasteiger partial charge on any atom is 0.320 e. The third kappa shape index (κ3) is 3.91. The summed E-state index contributed by atoms with van der Waals surface area (Å²) in [6, 6.07) is 7.19. The van der Waals surface area contributed by atoms with E-state index in [0.717, 1.165) is 31.9 Å². The molecule has 156 valence electrons. The van der Waals surface area contributed by atoms with Gasteiger partial charge in [-0.25, -0.2) is 4.79 Å². The number of para-hydroxylation sites is 1. The number of urea groups is 1. The number of aromatic hydroxyl groups is 1. The molecule has 7 N–H and O–H groups in total. The van der Waals surface area contributed by atoms with Crippen LogP contribution in [0.25, 0.3) is 5.70 Å². The average Bonchev–Trinajstić information content (AvgIpc) is 2.75. The van der Waals surface area contributed by atoms with Crippen LogP contribution in [0, 0.1) is 0 Å². The second-order valence-electron chi connectivity index (χ2n) is 7.61. The molecule has 1 aromatic rings. The Morgan fingerprint density at radius 3 is 2.66 bits per heavy atom. The minimum Gasteiger partial charge on any atom is -0.507 e. The van der Waals surface area contributed by atoms with Crippen LogP contribution in [0.15, 0.2) is 41.9 Å². The lowest BCUT2D eigenvalue weighted by Crippen LogP contribution is -2.62. The number of hydrogen-bond donors (Lipinski definition) is 5. The number of fused-ring (bicyclic) bond motifs is 1. The van der Waals surface area contributed by atoms with Gasteiger partial charge < -0.3 is 41.9 Å². The zero-order chi connectivity index (χ0) is 20.4. The molecule has 0 radical (unpaired) electrons. The lowest BCUT2D eigenvalue weighted by atomic mass is 10.1. The first-order valence-electron chi connectivity index (χ1n) is 10.0. The van der Waals surface area contributed by atoms with Gasteiger partial charge in [-0.1, -0.05) is 12.1 Å². The van der Waals surface area contributed by atoms with Gasteiger partial charge in [0.25, 0.3) is 0 Å². The number of phenolic OH excluding ortho intramolecular Hbond substituents is 1. The number of amides is 2. The Labute approximate surface area is 170 Å². The van der Waals surface area contributed by atoms with Crippen molar-refractivity contribution in [2.24, 2.45) is 11.5 Å². The van der Waals surface area contributed by atoms with Crippen molar-refractivity contribution in [3.63, 3.8) is 0 Å². The normalized spacial score (nSPS) is 23.0. The molecule has 2 saturated heterocycles. The quantitative estimate of drug-likeness (QED) is 0.451. The zero-order valence-corrected chi connectivity index (χ0v) is 16.5. The SMILES string of the molecule is NC1=C(/C=C(\N)c2ccccc2O)N2CCN(C(=O)N3CCNCC3)CC2CN1. The molecule has 3 aliphatic heterocycles. The van der Waals surface area contributed by atoms with Gasteiger partial charge in [0.15, 0.2) is 0 Å². The van der Waals surface area contributed by atoms with Gasteiger partial charge in [-0.2, -0.15) is 0 Å². The largest absolute Gasteiger partial charge is 0.507 e. The second-order valence-corrected chi connectivity index (χ2v) is 7.61. The van der Waals surface area contributed by atoms with Gasteiger partial charge in [0, 0.05) is 63.6 Å². The number of nitrogens with one attached hydrogen (secondary N) is 2. The maximum atomic E-state index is 12.9. The Morgan fingerprint density at radius 1 is 1.14 bits per heavy atom. The Hall–Kier alpha value is -3.07. The van der Waals surface area contributed by atoms with Gasteiger partial charge in [-0.05, 0) is 18.2 Å². The van der Waals surface area contributed by atoms with Crippen molar-refractivity contribution in [1.29, 1.82) is 0 Å². The summed E-state index contributed by atoms with van der Waals surface area (Å²) < 4.78 is 0. The molecule has 0 spiro atoms. The van der Waals surface area contributed by atoms with Crippen molar-refractivity contribution < 1.29 is 9.90 Å². The fourth-order valence-corrected chi connectivity index (χ4v) is 4.15. The Morgan fingerprint density at radius 2 is 1.90 bits per heavy atom. The summed E-state index contributed by atoms with van der Waals surface area (Å²) >= 11 is 0. The van der Waals surface area contributed by atoms with Crippen LogP contribution in [-0.4, -0.2) is 84.2 Å². The standard InChI is InChI=1S/C20H29N7O2/c21-16(15-3-1-2-4-18(15)28)11-17-19(22)24-12-14-13-26(9-10-27(14)17)20(29)25-7-5-23-6-8-25/h1-4,11,14,23-24,28H,5-10,12-13,21-22H2/b16-11-. The topological polar surface area (TPSA) is 123 Å². The molecule has 1 aromatic carbocycles. The number of phenols is 1. The summed E-state index contributed by atoms with van der Waals surface area (Å²) in [4.78, 5) is 18.9. The fourth-order valence-electron chi connectivity index (χ4n) is 4.15. The smallest absolute Gasteiger partial charge is 0.320 e. The van der Waals surface area contributed by atoms with Crippen molar-refractivity contribution in [1.82, 2.24) is 25.3 Å². The molecule has 0 aromatic heterocycles. The molecule has 9 heteroatoms. The second kappa shape index (κ2) is 8.12. The Kier molecular flexibility index (Phi) is 5.39. The summed E-state index contributed by atoms with van der Waals surface area (Å²) in [6.45, 7) is 5.82. The highest BCUT2D eigenvalue weighted by Gasteiger charge is 2.35. The summed E-state index contributed by atoms with van der Waals surface area (Å²) in [5.74, 6) is 0.689. The van der Waals surface area contributed by atoms with Crippen LogP contribution >= 0.6 is 0 Å². The molecule has 0 saturated carbocycles. The van der Waals surface area contributed by atoms with Gasteiger partial charge in [0.2, 0.25) is 0 Å². The van der Waals surface area contributed by atoms with E-state index in [-0.39, 0.29) is 17.8 Å². The first kappa shape index (κ1) is 19.3. The van der Waals surface area contributed by atoms with E-state index >= 15 is 0 Å². The number of hydrogen-bond acceptors (Lipinski definition) is 7. The van der Waals surface area contributed by atoms with E-state index in [2.05, 4.69) is 15.5 Å². The highest BCUT2D eigenvalue weighted by molar-refractivity contribution is 5.75. The van der Waals surface area contributed by atoms with E-state index in [9.17, 15) is 9.90 Å². The van der Waals surface area contributed by atoms with Crippen molar-refractivity contribution in [2.75, 3.05) is 52.4 Å². The van der Waals surface area contributed by atoms with Crippen LogP contribution in [0.5, 0.6) is 5.75 Å². The molecule has 2 amide bonds. The Bertz CT molecular complexity index is 832.